The molecule has 154 valence electrons. The normalized spacial score (nSPS) is 11.7. The third-order valence-corrected chi connectivity index (χ3v) is 6.76. The largest absolute Gasteiger partial charge is 0.279 e. The van der Waals surface area contributed by atoms with E-state index < -0.39 is 20.9 Å². The van der Waals surface area contributed by atoms with Crippen LogP contribution < -0.4 is 10.1 Å². The van der Waals surface area contributed by atoms with E-state index in [-0.39, 0.29) is 15.5 Å². The summed E-state index contributed by atoms with van der Waals surface area (Å²) >= 11 is 1.10. The van der Waals surface area contributed by atoms with Gasteiger partial charge in [-0.3, -0.25) is 19.6 Å². The van der Waals surface area contributed by atoms with Gasteiger partial charge in [-0.25, -0.2) is 13.8 Å². The fourth-order valence-electron chi connectivity index (χ4n) is 2.40. The molecule has 0 radical (unpaired) electrons. The van der Waals surface area contributed by atoms with Gasteiger partial charge in [-0.1, -0.05) is 6.07 Å². The third kappa shape index (κ3) is 5.07. The number of sulfonamides is 1. The number of hydrogen-bond acceptors (Lipinski definition) is 7. The molecule has 0 spiro atoms. The first kappa shape index (κ1) is 21.1. The summed E-state index contributed by atoms with van der Waals surface area (Å²) in [5.41, 5.74) is 4.07. The van der Waals surface area contributed by atoms with E-state index in [9.17, 15) is 23.3 Å². The van der Waals surface area contributed by atoms with E-state index in [2.05, 4.69) is 15.2 Å². The summed E-state index contributed by atoms with van der Waals surface area (Å²) in [6, 6.07) is 14.8. The van der Waals surface area contributed by atoms with Crippen LogP contribution in [0.15, 0.2) is 75.4 Å². The Hall–Kier alpha value is -3.57. The number of carbonyl (C=O) groups is 1. The lowest BCUT2D eigenvalue weighted by molar-refractivity contribution is -0.384. The number of rotatable bonds is 7. The summed E-state index contributed by atoms with van der Waals surface area (Å²) in [7, 11) is -3.66. The Labute approximate surface area is 176 Å². The van der Waals surface area contributed by atoms with Crippen LogP contribution in [0.25, 0.3) is 0 Å². The van der Waals surface area contributed by atoms with Crippen LogP contribution >= 0.6 is 11.3 Å². The summed E-state index contributed by atoms with van der Waals surface area (Å²) in [6.07, 6.45) is 0. The van der Waals surface area contributed by atoms with Crippen molar-refractivity contribution in [2.24, 2.45) is 5.10 Å². The summed E-state index contributed by atoms with van der Waals surface area (Å²) in [5.74, 6) is -0.482. The number of non-ortho nitro benzene ring substituents is 1. The monoisotopic (exact) mass is 444 g/mol. The number of nitro groups is 1. The number of amides is 1. The maximum atomic E-state index is 12.3. The van der Waals surface area contributed by atoms with E-state index >= 15 is 0 Å². The molecule has 0 aliphatic heterocycles. The van der Waals surface area contributed by atoms with Crippen molar-refractivity contribution in [1.29, 1.82) is 0 Å². The summed E-state index contributed by atoms with van der Waals surface area (Å²) in [4.78, 5) is 22.5. The van der Waals surface area contributed by atoms with Gasteiger partial charge < -0.3 is 0 Å². The second-order valence-corrected chi connectivity index (χ2v) is 8.91. The Morgan fingerprint density at radius 3 is 2.23 bits per heavy atom. The van der Waals surface area contributed by atoms with Crippen molar-refractivity contribution in [3.05, 3.63) is 87.3 Å². The van der Waals surface area contributed by atoms with Crippen LogP contribution in [0.5, 0.6) is 0 Å². The molecule has 1 aromatic heterocycles. The standard InChI is InChI=1S/C19H16N4O5S2/c1-13(14-6-10-17(11-7-14)23(25)26)20-21-19(24)15-4-8-16(9-5-15)22-30(27,28)18-3-2-12-29-18/h2-12,22H,1H3,(H,21,24). The molecule has 0 saturated carbocycles. The van der Waals surface area contributed by atoms with Gasteiger partial charge >= 0.3 is 0 Å². The number of anilines is 1. The molecule has 0 fully saturated rings. The number of nitro benzene ring substituents is 1. The zero-order chi connectivity index (χ0) is 21.7. The third-order valence-electron chi connectivity index (χ3n) is 3.98. The van der Waals surface area contributed by atoms with Crippen molar-refractivity contribution < 1.29 is 18.1 Å². The predicted octanol–water partition coefficient (Wildman–Crippen LogP) is 3.61. The molecule has 0 atom stereocenters. The molecule has 30 heavy (non-hydrogen) atoms. The lowest BCUT2D eigenvalue weighted by Crippen LogP contribution is -2.19. The second kappa shape index (κ2) is 8.84. The van der Waals surface area contributed by atoms with Crippen molar-refractivity contribution in [2.75, 3.05) is 4.72 Å². The predicted molar refractivity (Wildman–Crippen MR) is 114 cm³/mol. The quantitative estimate of drug-likeness (QED) is 0.326. The van der Waals surface area contributed by atoms with Crippen molar-refractivity contribution in [3.63, 3.8) is 0 Å². The van der Waals surface area contributed by atoms with Crippen molar-refractivity contribution >= 4 is 44.4 Å². The van der Waals surface area contributed by atoms with E-state index in [4.69, 9.17) is 0 Å². The van der Waals surface area contributed by atoms with Crippen LogP contribution in [0.1, 0.15) is 22.8 Å². The first-order valence-corrected chi connectivity index (χ1v) is 10.9. The fraction of sp³-hybridized carbons (Fsp3) is 0.0526. The van der Waals surface area contributed by atoms with E-state index in [0.29, 0.717) is 17.0 Å². The van der Waals surface area contributed by atoms with Gasteiger partial charge in [-0.2, -0.15) is 5.10 Å². The highest BCUT2D eigenvalue weighted by Crippen LogP contribution is 2.20. The minimum absolute atomic E-state index is 0.0367. The van der Waals surface area contributed by atoms with Gasteiger partial charge in [0.15, 0.2) is 0 Å². The highest BCUT2D eigenvalue weighted by Gasteiger charge is 2.15. The van der Waals surface area contributed by atoms with Gasteiger partial charge in [0.2, 0.25) is 0 Å². The minimum atomic E-state index is -3.66. The average molecular weight is 444 g/mol. The zero-order valence-electron chi connectivity index (χ0n) is 15.6. The van der Waals surface area contributed by atoms with E-state index in [0.717, 1.165) is 11.3 Å². The molecule has 2 N–H and O–H groups in total. The lowest BCUT2D eigenvalue weighted by Gasteiger charge is -2.07. The number of benzene rings is 2. The van der Waals surface area contributed by atoms with Crippen LogP contribution in [-0.2, 0) is 10.0 Å². The SMILES string of the molecule is CC(=NNC(=O)c1ccc(NS(=O)(=O)c2cccs2)cc1)c1ccc([N+](=O)[O-])cc1. The summed E-state index contributed by atoms with van der Waals surface area (Å²) in [5, 5.41) is 16.4. The molecule has 0 saturated heterocycles. The molecule has 11 heteroatoms. The van der Waals surface area contributed by atoms with Gasteiger partial charge in [0.25, 0.3) is 21.6 Å². The summed E-state index contributed by atoms with van der Waals surface area (Å²) < 4.78 is 27.1. The molecule has 0 aliphatic rings. The first-order chi connectivity index (χ1) is 14.3. The van der Waals surface area contributed by atoms with Crippen molar-refractivity contribution in [3.8, 4) is 0 Å². The van der Waals surface area contributed by atoms with Gasteiger partial charge in [-0.05, 0) is 60.3 Å². The summed E-state index contributed by atoms with van der Waals surface area (Å²) in [6.45, 7) is 1.66. The molecule has 0 bridgehead atoms. The second-order valence-electron chi connectivity index (χ2n) is 6.06. The van der Waals surface area contributed by atoms with Crippen molar-refractivity contribution in [1.82, 2.24) is 5.43 Å². The van der Waals surface area contributed by atoms with Crippen molar-refractivity contribution in [2.45, 2.75) is 11.1 Å². The molecule has 9 nitrogen and oxygen atoms in total. The molecule has 2 aromatic carbocycles. The number of carbonyl (C=O) groups excluding carboxylic acids is 1. The Kier molecular flexibility index (Phi) is 6.23. The molecule has 0 aliphatic carbocycles. The highest BCUT2D eigenvalue weighted by molar-refractivity contribution is 7.94. The zero-order valence-corrected chi connectivity index (χ0v) is 17.2. The smallest absolute Gasteiger partial charge is 0.271 e. The van der Waals surface area contributed by atoms with Gasteiger partial charge in [0, 0.05) is 23.4 Å². The van der Waals surface area contributed by atoms with Crippen LogP contribution in [-0.4, -0.2) is 25.0 Å². The lowest BCUT2D eigenvalue weighted by atomic mass is 10.1. The van der Waals surface area contributed by atoms with E-state index in [1.165, 1.54) is 54.6 Å². The fourth-order valence-corrected chi connectivity index (χ4v) is 4.45. The Balaban J connectivity index is 1.64. The van der Waals surface area contributed by atoms with Crippen LogP contribution in [0.3, 0.4) is 0 Å². The first-order valence-electron chi connectivity index (χ1n) is 8.52. The van der Waals surface area contributed by atoms with E-state index in [1.807, 2.05) is 0 Å². The number of hydrazone groups is 1. The number of hydrogen-bond donors (Lipinski definition) is 2. The molecular formula is C19H16N4O5S2. The molecule has 0 unspecified atom stereocenters. The highest BCUT2D eigenvalue weighted by atomic mass is 32.2. The number of thiophene rings is 1. The van der Waals surface area contributed by atoms with Crippen LogP contribution in [0.4, 0.5) is 11.4 Å². The Morgan fingerprint density at radius 2 is 1.67 bits per heavy atom. The Bertz CT molecular complexity index is 1190. The van der Waals surface area contributed by atoms with Crippen LogP contribution in [0.2, 0.25) is 0 Å². The molecule has 1 amide bonds. The van der Waals surface area contributed by atoms with Gasteiger partial charge in [0.1, 0.15) is 4.21 Å². The maximum Gasteiger partial charge on any atom is 0.271 e. The topological polar surface area (TPSA) is 131 Å². The molecule has 3 aromatic rings. The number of nitrogens with one attached hydrogen (secondary N) is 2. The number of nitrogens with zero attached hydrogens (tertiary/aromatic N) is 2. The molecule has 3 rings (SSSR count). The van der Waals surface area contributed by atoms with E-state index in [1.54, 1.807) is 18.4 Å². The molecule has 1 heterocycles. The maximum absolute atomic E-state index is 12.3. The average Bonchev–Trinajstić information content (AvgIpc) is 3.28. The Morgan fingerprint density at radius 1 is 1.03 bits per heavy atom. The van der Waals surface area contributed by atoms with Gasteiger partial charge in [-0.15, -0.1) is 11.3 Å². The van der Waals surface area contributed by atoms with Gasteiger partial charge in [0.05, 0.1) is 10.6 Å². The van der Waals surface area contributed by atoms with Crippen LogP contribution in [0, 0.1) is 10.1 Å². The minimum Gasteiger partial charge on any atom is -0.279 e. The molecular weight excluding hydrogens is 428 g/mol.